The number of nitrogens with zero attached hydrogens (tertiary/aromatic N) is 1. The summed E-state index contributed by atoms with van der Waals surface area (Å²) in [6.45, 7) is 5.77. The Labute approximate surface area is 95.0 Å². The van der Waals surface area contributed by atoms with E-state index in [-0.39, 0.29) is 5.91 Å². The van der Waals surface area contributed by atoms with E-state index in [0.29, 0.717) is 17.4 Å². The molecule has 0 aromatic rings. The lowest BCUT2D eigenvalue weighted by atomic mass is 10.2. The van der Waals surface area contributed by atoms with Gasteiger partial charge in [0.25, 0.3) is 0 Å². The minimum absolute atomic E-state index is 0.122. The third kappa shape index (κ3) is 5.06. The zero-order chi connectivity index (χ0) is 12.0. The van der Waals surface area contributed by atoms with Crippen LogP contribution in [-0.2, 0) is 9.59 Å². The molecule has 0 radical (unpaired) electrons. The lowest BCUT2D eigenvalue weighted by molar-refractivity contribution is -0.148. The molecule has 0 aliphatic heterocycles. The first kappa shape index (κ1) is 14.3. The van der Waals surface area contributed by atoms with Crippen molar-refractivity contribution in [3.63, 3.8) is 0 Å². The van der Waals surface area contributed by atoms with Gasteiger partial charge in [-0.3, -0.25) is 4.79 Å². The Morgan fingerprint density at radius 2 is 1.93 bits per heavy atom. The molecule has 4 nitrogen and oxygen atoms in total. The second-order valence-electron chi connectivity index (χ2n) is 3.63. The van der Waals surface area contributed by atoms with Gasteiger partial charge in [-0.05, 0) is 11.7 Å². The summed E-state index contributed by atoms with van der Waals surface area (Å²) in [7, 11) is 1.55. The van der Waals surface area contributed by atoms with Gasteiger partial charge >= 0.3 is 5.97 Å². The number of rotatable bonds is 6. The van der Waals surface area contributed by atoms with Crippen molar-refractivity contribution < 1.29 is 14.7 Å². The molecule has 0 rings (SSSR count). The van der Waals surface area contributed by atoms with Gasteiger partial charge in [0.1, 0.15) is 6.04 Å². The second kappa shape index (κ2) is 6.71. The highest BCUT2D eigenvalue weighted by Crippen LogP contribution is 2.11. The summed E-state index contributed by atoms with van der Waals surface area (Å²) in [5, 5.41) is 9.25. The number of thioether (sulfide) groups is 1. The molecule has 1 N–H and O–H groups in total. The number of hydrogen-bond donors (Lipinski definition) is 1. The summed E-state index contributed by atoms with van der Waals surface area (Å²) >= 11 is 1.52. The molecule has 0 aromatic heterocycles. The van der Waals surface area contributed by atoms with Crippen molar-refractivity contribution in [2.75, 3.05) is 12.8 Å². The van der Waals surface area contributed by atoms with Gasteiger partial charge in [-0.1, -0.05) is 20.8 Å². The fourth-order valence-electron chi connectivity index (χ4n) is 1.13. The van der Waals surface area contributed by atoms with Crippen molar-refractivity contribution in [2.45, 2.75) is 38.5 Å². The van der Waals surface area contributed by atoms with Crippen LogP contribution in [0.25, 0.3) is 0 Å². The standard InChI is InChI=1S/C10H19NO3S/c1-5-8(10(13)14)11(4)9(12)6-15-7(2)3/h7-8H,5-6H2,1-4H3,(H,13,14). The van der Waals surface area contributed by atoms with E-state index in [0.717, 1.165) is 0 Å². The predicted molar refractivity (Wildman–Crippen MR) is 62.1 cm³/mol. The smallest absolute Gasteiger partial charge is 0.326 e. The molecule has 5 heteroatoms. The van der Waals surface area contributed by atoms with E-state index < -0.39 is 12.0 Å². The Morgan fingerprint density at radius 1 is 1.40 bits per heavy atom. The molecule has 0 bridgehead atoms. The summed E-state index contributed by atoms with van der Waals surface area (Å²) in [6.07, 6.45) is 0.434. The van der Waals surface area contributed by atoms with Crippen LogP contribution in [-0.4, -0.2) is 46.0 Å². The number of hydrogen-bond acceptors (Lipinski definition) is 3. The molecule has 1 unspecified atom stereocenters. The highest BCUT2D eigenvalue weighted by atomic mass is 32.2. The number of carbonyl (C=O) groups is 2. The molecule has 0 aromatic carbocycles. The largest absolute Gasteiger partial charge is 0.480 e. The van der Waals surface area contributed by atoms with E-state index in [1.54, 1.807) is 14.0 Å². The minimum Gasteiger partial charge on any atom is -0.480 e. The number of amides is 1. The van der Waals surface area contributed by atoms with Crippen molar-refractivity contribution in [1.29, 1.82) is 0 Å². The molecule has 0 aliphatic carbocycles. The molecular weight excluding hydrogens is 214 g/mol. The number of aliphatic carboxylic acids is 1. The van der Waals surface area contributed by atoms with Crippen LogP contribution in [0.4, 0.5) is 0 Å². The van der Waals surface area contributed by atoms with Crippen LogP contribution in [0.3, 0.4) is 0 Å². The number of carboxylic acids is 1. The summed E-state index contributed by atoms with van der Waals surface area (Å²) in [5.74, 6) is -0.719. The van der Waals surface area contributed by atoms with E-state index >= 15 is 0 Å². The van der Waals surface area contributed by atoms with Gasteiger partial charge < -0.3 is 10.0 Å². The third-order valence-corrected chi connectivity index (χ3v) is 3.15. The topological polar surface area (TPSA) is 57.6 Å². The van der Waals surface area contributed by atoms with E-state index in [1.807, 2.05) is 13.8 Å². The van der Waals surface area contributed by atoms with Crippen LogP contribution in [0.5, 0.6) is 0 Å². The average Bonchev–Trinajstić information content (AvgIpc) is 2.14. The SMILES string of the molecule is CCC(C(=O)O)N(C)C(=O)CSC(C)C. The van der Waals surface area contributed by atoms with Gasteiger partial charge in [-0.2, -0.15) is 0 Å². The monoisotopic (exact) mass is 233 g/mol. The van der Waals surface area contributed by atoms with E-state index in [2.05, 4.69) is 0 Å². The van der Waals surface area contributed by atoms with Gasteiger partial charge in [-0.15, -0.1) is 11.8 Å². The summed E-state index contributed by atoms with van der Waals surface area (Å²) in [5.41, 5.74) is 0. The van der Waals surface area contributed by atoms with E-state index in [9.17, 15) is 9.59 Å². The van der Waals surface area contributed by atoms with E-state index in [1.165, 1.54) is 16.7 Å². The maximum atomic E-state index is 11.6. The Balaban J connectivity index is 4.22. The Bertz CT molecular complexity index is 231. The minimum atomic E-state index is -0.942. The average molecular weight is 233 g/mol. The fraction of sp³-hybridized carbons (Fsp3) is 0.800. The van der Waals surface area contributed by atoms with Crippen LogP contribution in [0, 0.1) is 0 Å². The molecule has 88 valence electrons. The summed E-state index contributed by atoms with van der Waals surface area (Å²) in [6, 6.07) is -0.703. The first-order chi connectivity index (χ1) is 6.90. The van der Waals surface area contributed by atoms with Crippen LogP contribution in [0.2, 0.25) is 0 Å². The molecule has 15 heavy (non-hydrogen) atoms. The molecule has 1 atom stereocenters. The summed E-state index contributed by atoms with van der Waals surface area (Å²) < 4.78 is 0. The second-order valence-corrected chi connectivity index (χ2v) is 5.19. The molecule has 0 heterocycles. The van der Waals surface area contributed by atoms with Crippen molar-refractivity contribution in [3.8, 4) is 0 Å². The van der Waals surface area contributed by atoms with Crippen LogP contribution in [0.1, 0.15) is 27.2 Å². The first-order valence-corrected chi connectivity index (χ1v) is 6.05. The van der Waals surface area contributed by atoms with Gasteiger partial charge in [-0.25, -0.2) is 4.79 Å². The van der Waals surface area contributed by atoms with Gasteiger partial charge in [0.2, 0.25) is 5.91 Å². The molecule has 0 saturated heterocycles. The molecule has 0 fully saturated rings. The lowest BCUT2D eigenvalue weighted by Gasteiger charge is -2.23. The zero-order valence-electron chi connectivity index (χ0n) is 9.69. The molecular formula is C10H19NO3S. The highest BCUT2D eigenvalue weighted by molar-refractivity contribution is 8.00. The Hall–Kier alpha value is -0.710. The Morgan fingerprint density at radius 3 is 2.27 bits per heavy atom. The van der Waals surface area contributed by atoms with Crippen molar-refractivity contribution in [1.82, 2.24) is 4.90 Å². The van der Waals surface area contributed by atoms with Gasteiger partial charge in [0.15, 0.2) is 0 Å². The quantitative estimate of drug-likeness (QED) is 0.754. The van der Waals surface area contributed by atoms with E-state index in [4.69, 9.17) is 5.11 Å². The number of likely N-dealkylation sites (N-methyl/N-ethyl adjacent to an activating group) is 1. The van der Waals surface area contributed by atoms with Gasteiger partial charge in [0.05, 0.1) is 5.75 Å². The third-order valence-electron chi connectivity index (χ3n) is 2.07. The van der Waals surface area contributed by atoms with Crippen molar-refractivity contribution in [3.05, 3.63) is 0 Å². The number of carboxylic acid groups (broad SMARTS) is 1. The normalized spacial score (nSPS) is 12.6. The molecule has 0 spiro atoms. The maximum Gasteiger partial charge on any atom is 0.326 e. The van der Waals surface area contributed by atoms with Gasteiger partial charge in [0, 0.05) is 7.05 Å². The van der Waals surface area contributed by atoms with Crippen LogP contribution < -0.4 is 0 Å². The fourth-order valence-corrected chi connectivity index (χ4v) is 1.81. The molecule has 1 amide bonds. The van der Waals surface area contributed by atoms with Crippen molar-refractivity contribution >= 4 is 23.6 Å². The Kier molecular flexibility index (Phi) is 6.40. The predicted octanol–water partition coefficient (Wildman–Crippen LogP) is 1.45. The maximum absolute atomic E-state index is 11.6. The molecule has 0 aliphatic rings. The number of carbonyl (C=O) groups excluding carboxylic acids is 1. The summed E-state index contributed by atoms with van der Waals surface area (Å²) in [4.78, 5) is 23.7. The highest BCUT2D eigenvalue weighted by Gasteiger charge is 2.24. The van der Waals surface area contributed by atoms with Crippen LogP contribution in [0.15, 0.2) is 0 Å². The first-order valence-electron chi connectivity index (χ1n) is 5.00. The van der Waals surface area contributed by atoms with Crippen molar-refractivity contribution in [2.24, 2.45) is 0 Å². The molecule has 0 saturated carbocycles. The lowest BCUT2D eigenvalue weighted by Crippen LogP contribution is -2.42. The zero-order valence-corrected chi connectivity index (χ0v) is 10.5. The van der Waals surface area contributed by atoms with Crippen LogP contribution >= 0.6 is 11.8 Å².